The van der Waals surface area contributed by atoms with E-state index < -0.39 is 0 Å². The predicted molar refractivity (Wildman–Crippen MR) is 119 cm³/mol. The largest absolute Gasteiger partial charge is 0.347 e. The van der Waals surface area contributed by atoms with Gasteiger partial charge in [0.25, 0.3) is 0 Å². The first kappa shape index (κ1) is 19.9. The summed E-state index contributed by atoms with van der Waals surface area (Å²) in [5, 5.41) is 1.17. The van der Waals surface area contributed by atoms with E-state index in [2.05, 4.69) is 27.0 Å². The Morgan fingerprint density at radius 1 is 1.13 bits per heavy atom. The van der Waals surface area contributed by atoms with Gasteiger partial charge in [-0.2, -0.15) is 0 Å². The predicted octanol–water partition coefficient (Wildman–Crippen LogP) is 4.28. The number of hydrogen-bond donors (Lipinski definition) is 0. The van der Waals surface area contributed by atoms with Gasteiger partial charge in [0, 0.05) is 43.2 Å². The third kappa shape index (κ3) is 3.87. The van der Waals surface area contributed by atoms with Crippen LogP contribution in [0.15, 0.2) is 48.8 Å². The fourth-order valence-electron chi connectivity index (χ4n) is 5.23. The van der Waals surface area contributed by atoms with Gasteiger partial charge in [0.15, 0.2) is 0 Å². The lowest BCUT2D eigenvalue weighted by Crippen LogP contribution is -2.56. The zero-order chi connectivity index (χ0) is 21.4. The van der Waals surface area contributed by atoms with Gasteiger partial charge in [-0.05, 0) is 61.9 Å². The highest BCUT2D eigenvalue weighted by atomic mass is 19.1. The normalized spacial score (nSPS) is 20.5. The molecule has 0 aliphatic carbocycles. The number of benzene rings is 1. The third-order valence-corrected chi connectivity index (χ3v) is 6.67. The zero-order valence-corrected chi connectivity index (χ0v) is 17.8. The molecule has 160 valence electrons. The van der Waals surface area contributed by atoms with Crippen molar-refractivity contribution >= 4 is 22.6 Å². The molecule has 4 heterocycles. The van der Waals surface area contributed by atoms with E-state index in [0.717, 1.165) is 55.7 Å². The van der Waals surface area contributed by atoms with Crippen LogP contribution in [0.3, 0.4) is 0 Å². The molecule has 2 aliphatic heterocycles. The molecule has 5 nitrogen and oxygen atoms in total. The van der Waals surface area contributed by atoms with Gasteiger partial charge < -0.3 is 9.80 Å². The second kappa shape index (κ2) is 8.25. The Labute approximate surface area is 181 Å². The van der Waals surface area contributed by atoms with E-state index in [-0.39, 0.29) is 23.8 Å². The highest BCUT2D eigenvalue weighted by Gasteiger charge is 2.42. The molecule has 5 rings (SSSR count). The number of aryl methyl sites for hydroxylation is 2. The number of aromatic nitrogens is 2. The molecule has 2 bridgehead atoms. The van der Waals surface area contributed by atoms with Gasteiger partial charge in [0.05, 0.1) is 11.7 Å². The molecule has 1 aromatic carbocycles. The number of rotatable bonds is 5. The molecule has 0 saturated carbocycles. The Bertz CT molecular complexity index is 1100. The zero-order valence-electron chi connectivity index (χ0n) is 17.8. The summed E-state index contributed by atoms with van der Waals surface area (Å²) >= 11 is 0. The molecule has 6 heteroatoms. The van der Waals surface area contributed by atoms with Crippen molar-refractivity contribution in [3.63, 3.8) is 0 Å². The number of hydrogen-bond acceptors (Lipinski definition) is 4. The van der Waals surface area contributed by atoms with E-state index in [1.54, 1.807) is 6.07 Å². The Hall–Kier alpha value is -3.02. The maximum atomic E-state index is 13.5. The standard InChI is InChI=1S/C25H27FN4O/c1-17-13-19(26)14-28-25(17)30-20-10-11-21(30)16-29(15-20)24(31)9-3-6-18-5-2-8-23-22(18)7-4-12-27-23/h2,4-5,7-8,12-14,20-21H,3,6,9-11,15-16H2,1H3/t20-,21+. The lowest BCUT2D eigenvalue weighted by Gasteiger charge is -2.42. The summed E-state index contributed by atoms with van der Waals surface area (Å²) in [7, 11) is 0. The van der Waals surface area contributed by atoms with Crippen molar-refractivity contribution in [2.45, 2.75) is 51.1 Å². The number of halogens is 1. The SMILES string of the molecule is Cc1cc(F)cnc1N1[C@@H]2CC[C@H]1CN(C(=O)CCCc1cccc3ncccc13)C2. The number of nitrogens with zero attached hydrogens (tertiary/aromatic N) is 4. The first-order valence-electron chi connectivity index (χ1n) is 11.1. The first-order chi connectivity index (χ1) is 15.1. The minimum Gasteiger partial charge on any atom is -0.347 e. The van der Waals surface area contributed by atoms with Gasteiger partial charge in [-0.15, -0.1) is 0 Å². The van der Waals surface area contributed by atoms with Crippen LogP contribution in [-0.4, -0.2) is 45.9 Å². The average molecular weight is 419 g/mol. The Balaban J connectivity index is 1.21. The van der Waals surface area contributed by atoms with E-state index in [0.29, 0.717) is 6.42 Å². The fourth-order valence-corrected chi connectivity index (χ4v) is 5.23. The molecular weight excluding hydrogens is 391 g/mol. The van der Waals surface area contributed by atoms with Crippen LogP contribution < -0.4 is 4.90 Å². The summed E-state index contributed by atoms with van der Waals surface area (Å²) in [5.41, 5.74) is 3.12. The number of fused-ring (bicyclic) bond motifs is 3. The second-order valence-corrected chi connectivity index (χ2v) is 8.73. The minimum atomic E-state index is -0.301. The monoisotopic (exact) mass is 418 g/mol. The molecule has 2 fully saturated rings. The molecule has 3 aromatic rings. The number of amides is 1. The highest BCUT2D eigenvalue weighted by molar-refractivity contribution is 5.82. The molecule has 0 spiro atoms. The molecule has 2 aliphatic rings. The second-order valence-electron chi connectivity index (χ2n) is 8.73. The van der Waals surface area contributed by atoms with Crippen LogP contribution in [0.1, 0.15) is 36.8 Å². The van der Waals surface area contributed by atoms with E-state index >= 15 is 0 Å². The molecule has 0 radical (unpaired) electrons. The fraction of sp³-hybridized carbons (Fsp3) is 0.400. The van der Waals surface area contributed by atoms with Gasteiger partial charge in [-0.1, -0.05) is 18.2 Å². The van der Waals surface area contributed by atoms with Crippen molar-refractivity contribution in [2.24, 2.45) is 0 Å². The van der Waals surface area contributed by atoms with Crippen LogP contribution in [-0.2, 0) is 11.2 Å². The van der Waals surface area contributed by atoms with Crippen molar-refractivity contribution in [1.29, 1.82) is 0 Å². The Morgan fingerprint density at radius 2 is 1.94 bits per heavy atom. The van der Waals surface area contributed by atoms with Crippen molar-refractivity contribution in [2.75, 3.05) is 18.0 Å². The van der Waals surface area contributed by atoms with Crippen molar-refractivity contribution in [3.05, 3.63) is 65.7 Å². The third-order valence-electron chi connectivity index (χ3n) is 6.67. The Kier molecular flexibility index (Phi) is 5.30. The summed E-state index contributed by atoms with van der Waals surface area (Å²) in [6.45, 7) is 3.36. The molecule has 1 amide bonds. The molecule has 31 heavy (non-hydrogen) atoms. The van der Waals surface area contributed by atoms with E-state index in [9.17, 15) is 9.18 Å². The maximum absolute atomic E-state index is 13.5. The van der Waals surface area contributed by atoms with Crippen LogP contribution in [0.2, 0.25) is 0 Å². The highest BCUT2D eigenvalue weighted by Crippen LogP contribution is 2.35. The van der Waals surface area contributed by atoms with Gasteiger partial charge in [-0.25, -0.2) is 9.37 Å². The number of pyridine rings is 2. The number of anilines is 1. The maximum Gasteiger partial charge on any atom is 0.222 e. The number of carbonyl (C=O) groups excluding carboxylic acids is 1. The van der Waals surface area contributed by atoms with E-state index in [1.807, 2.05) is 36.2 Å². The molecule has 0 unspecified atom stereocenters. The number of carbonyl (C=O) groups is 1. The van der Waals surface area contributed by atoms with Crippen molar-refractivity contribution in [3.8, 4) is 0 Å². The van der Waals surface area contributed by atoms with Gasteiger partial charge in [0.2, 0.25) is 5.91 Å². The molecule has 2 saturated heterocycles. The van der Waals surface area contributed by atoms with Gasteiger partial charge in [-0.3, -0.25) is 9.78 Å². The molecule has 2 atom stereocenters. The summed E-state index contributed by atoms with van der Waals surface area (Å²) in [6.07, 6.45) is 7.48. The summed E-state index contributed by atoms with van der Waals surface area (Å²) in [6, 6.07) is 12.3. The van der Waals surface area contributed by atoms with Crippen LogP contribution in [0.4, 0.5) is 10.2 Å². The molecule has 2 aromatic heterocycles. The van der Waals surface area contributed by atoms with E-state index in [1.165, 1.54) is 17.1 Å². The molecule has 0 N–H and O–H groups in total. The summed E-state index contributed by atoms with van der Waals surface area (Å²) in [5.74, 6) is 0.800. The summed E-state index contributed by atoms with van der Waals surface area (Å²) < 4.78 is 13.5. The first-order valence-corrected chi connectivity index (χ1v) is 11.1. The van der Waals surface area contributed by atoms with Crippen LogP contribution >= 0.6 is 0 Å². The average Bonchev–Trinajstić information content (AvgIpc) is 3.02. The van der Waals surface area contributed by atoms with Crippen molar-refractivity contribution < 1.29 is 9.18 Å². The molecular formula is C25H27FN4O. The van der Waals surface area contributed by atoms with Crippen LogP contribution in [0.25, 0.3) is 10.9 Å². The van der Waals surface area contributed by atoms with Gasteiger partial charge in [0.1, 0.15) is 11.6 Å². The number of piperazine rings is 1. The van der Waals surface area contributed by atoms with Crippen molar-refractivity contribution in [1.82, 2.24) is 14.9 Å². The number of likely N-dealkylation sites (tertiary alicyclic amines) is 1. The van der Waals surface area contributed by atoms with Crippen LogP contribution in [0, 0.1) is 12.7 Å². The van der Waals surface area contributed by atoms with Gasteiger partial charge >= 0.3 is 0 Å². The minimum absolute atomic E-state index is 0.235. The quantitative estimate of drug-likeness (QED) is 0.621. The summed E-state index contributed by atoms with van der Waals surface area (Å²) in [4.78, 5) is 26.1. The lowest BCUT2D eigenvalue weighted by atomic mass is 10.0. The topological polar surface area (TPSA) is 49.3 Å². The Morgan fingerprint density at radius 3 is 2.71 bits per heavy atom. The lowest BCUT2D eigenvalue weighted by molar-refractivity contribution is -0.132. The van der Waals surface area contributed by atoms with Crippen LogP contribution in [0.5, 0.6) is 0 Å². The smallest absolute Gasteiger partial charge is 0.222 e. The van der Waals surface area contributed by atoms with E-state index in [4.69, 9.17) is 0 Å².